The van der Waals surface area contributed by atoms with E-state index in [9.17, 15) is 5.11 Å². The fourth-order valence-corrected chi connectivity index (χ4v) is 2.17. The maximum absolute atomic E-state index is 10.2. The van der Waals surface area contributed by atoms with Crippen LogP contribution in [0.3, 0.4) is 0 Å². The summed E-state index contributed by atoms with van der Waals surface area (Å²) < 4.78 is 0. The maximum atomic E-state index is 10.2. The molecule has 1 heteroatoms. The van der Waals surface area contributed by atoms with Crippen LogP contribution in [0.4, 0.5) is 0 Å². The second-order valence-corrected chi connectivity index (χ2v) is 4.35. The summed E-state index contributed by atoms with van der Waals surface area (Å²) in [5.74, 6) is 0.467. The van der Waals surface area contributed by atoms with Crippen molar-refractivity contribution in [3.63, 3.8) is 0 Å². The summed E-state index contributed by atoms with van der Waals surface area (Å²) in [5.41, 5.74) is 2.33. The highest BCUT2D eigenvalue weighted by Gasteiger charge is 2.08. The van der Waals surface area contributed by atoms with Gasteiger partial charge in [0.05, 0.1) is 0 Å². The van der Waals surface area contributed by atoms with Gasteiger partial charge in [-0.25, -0.2) is 0 Å². The van der Waals surface area contributed by atoms with Crippen LogP contribution in [0.15, 0.2) is 30.3 Å². The molecule has 0 saturated heterocycles. The molecular weight excluding hydrogens is 196 g/mol. The van der Waals surface area contributed by atoms with E-state index in [2.05, 4.69) is 26.0 Å². The molecule has 0 heterocycles. The smallest absolute Gasteiger partial charge is 0.126 e. The molecule has 0 fully saturated rings. The number of aryl methyl sites for hydroxylation is 2. The molecule has 2 aromatic rings. The van der Waals surface area contributed by atoms with Crippen molar-refractivity contribution in [1.82, 2.24) is 0 Å². The molecule has 0 amide bonds. The van der Waals surface area contributed by atoms with Crippen LogP contribution in [0.25, 0.3) is 10.8 Å². The normalized spacial score (nSPS) is 10.9. The van der Waals surface area contributed by atoms with Gasteiger partial charge >= 0.3 is 0 Å². The lowest BCUT2D eigenvalue weighted by Gasteiger charge is -2.10. The third-order valence-electron chi connectivity index (χ3n) is 3.10. The van der Waals surface area contributed by atoms with Crippen molar-refractivity contribution in [2.24, 2.45) is 0 Å². The highest BCUT2D eigenvalue weighted by Crippen LogP contribution is 2.32. The van der Waals surface area contributed by atoms with Gasteiger partial charge in [0.25, 0.3) is 0 Å². The van der Waals surface area contributed by atoms with Gasteiger partial charge in [-0.3, -0.25) is 0 Å². The van der Waals surface area contributed by atoms with Gasteiger partial charge < -0.3 is 5.11 Å². The fourth-order valence-electron chi connectivity index (χ4n) is 2.17. The van der Waals surface area contributed by atoms with Crippen LogP contribution in [0.1, 0.15) is 30.9 Å². The largest absolute Gasteiger partial charge is 0.507 e. The number of phenols is 1. The van der Waals surface area contributed by atoms with Gasteiger partial charge in [-0.1, -0.05) is 43.7 Å². The summed E-state index contributed by atoms with van der Waals surface area (Å²) in [6.45, 7) is 4.28. The lowest BCUT2D eigenvalue weighted by molar-refractivity contribution is 0.473. The Bertz CT molecular complexity index is 500. The Morgan fingerprint density at radius 3 is 2.50 bits per heavy atom. The van der Waals surface area contributed by atoms with E-state index in [4.69, 9.17) is 0 Å². The maximum Gasteiger partial charge on any atom is 0.126 e. The summed E-state index contributed by atoms with van der Waals surface area (Å²) in [6.07, 6.45) is 3.25. The topological polar surface area (TPSA) is 20.2 Å². The zero-order valence-corrected chi connectivity index (χ0v) is 9.96. The van der Waals surface area contributed by atoms with Crippen molar-refractivity contribution in [3.8, 4) is 5.75 Å². The van der Waals surface area contributed by atoms with E-state index in [1.165, 1.54) is 5.56 Å². The summed E-state index contributed by atoms with van der Waals surface area (Å²) >= 11 is 0. The number of fused-ring (bicyclic) bond motifs is 1. The fraction of sp³-hybridized carbons (Fsp3) is 0.333. The molecule has 0 radical (unpaired) electrons. The molecule has 0 aliphatic carbocycles. The Morgan fingerprint density at radius 1 is 1.12 bits per heavy atom. The van der Waals surface area contributed by atoms with Crippen LogP contribution in [0, 0.1) is 6.92 Å². The predicted octanol–water partition coefficient (Wildman–Crippen LogP) is 4.20. The molecule has 1 N–H and O–H groups in total. The summed E-state index contributed by atoms with van der Waals surface area (Å²) in [7, 11) is 0. The molecule has 84 valence electrons. The second kappa shape index (κ2) is 4.56. The molecule has 0 aliphatic rings. The summed E-state index contributed by atoms with van der Waals surface area (Å²) in [6, 6.07) is 10.2. The van der Waals surface area contributed by atoms with Crippen molar-refractivity contribution in [2.75, 3.05) is 0 Å². The van der Waals surface area contributed by atoms with Crippen LogP contribution in [0.5, 0.6) is 5.75 Å². The average Bonchev–Trinajstić information content (AvgIpc) is 2.32. The molecule has 2 rings (SSSR count). The summed E-state index contributed by atoms with van der Waals surface area (Å²) in [5, 5.41) is 12.3. The van der Waals surface area contributed by atoms with Gasteiger partial charge in [0.1, 0.15) is 5.75 Å². The number of aromatic hydroxyl groups is 1. The molecule has 2 aromatic carbocycles. The van der Waals surface area contributed by atoms with Crippen molar-refractivity contribution in [3.05, 3.63) is 41.5 Å². The van der Waals surface area contributed by atoms with Crippen LogP contribution in [-0.2, 0) is 6.42 Å². The van der Waals surface area contributed by atoms with Gasteiger partial charge in [0.2, 0.25) is 0 Å². The molecule has 0 bridgehead atoms. The molecule has 0 aromatic heterocycles. The standard InChI is InChI=1S/C15H18O/c1-3-4-7-12-10-11(2)13-8-5-6-9-14(13)15(12)16/h5-6,8-10,16H,3-4,7H2,1-2H3. The zero-order valence-electron chi connectivity index (χ0n) is 9.96. The third kappa shape index (κ3) is 1.90. The number of hydrogen-bond acceptors (Lipinski definition) is 1. The first-order valence-corrected chi connectivity index (χ1v) is 5.94. The average molecular weight is 214 g/mol. The number of benzene rings is 2. The van der Waals surface area contributed by atoms with Crippen molar-refractivity contribution in [2.45, 2.75) is 33.1 Å². The van der Waals surface area contributed by atoms with Gasteiger partial charge in [0.15, 0.2) is 0 Å². The second-order valence-electron chi connectivity index (χ2n) is 4.35. The minimum atomic E-state index is 0.467. The minimum Gasteiger partial charge on any atom is -0.507 e. The van der Waals surface area contributed by atoms with E-state index in [1.54, 1.807) is 0 Å². The lowest BCUT2D eigenvalue weighted by atomic mass is 9.97. The molecule has 16 heavy (non-hydrogen) atoms. The van der Waals surface area contributed by atoms with E-state index in [1.807, 2.05) is 18.2 Å². The number of unbranched alkanes of at least 4 members (excludes halogenated alkanes) is 1. The van der Waals surface area contributed by atoms with Crippen molar-refractivity contribution in [1.29, 1.82) is 0 Å². The van der Waals surface area contributed by atoms with E-state index in [-0.39, 0.29) is 0 Å². The van der Waals surface area contributed by atoms with E-state index >= 15 is 0 Å². The Balaban J connectivity index is 2.56. The molecule has 0 unspecified atom stereocenters. The first-order chi connectivity index (χ1) is 7.74. The lowest BCUT2D eigenvalue weighted by Crippen LogP contribution is -1.89. The van der Waals surface area contributed by atoms with E-state index < -0.39 is 0 Å². The highest BCUT2D eigenvalue weighted by molar-refractivity contribution is 5.91. The van der Waals surface area contributed by atoms with Gasteiger partial charge in [-0.05, 0) is 36.3 Å². The Morgan fingerprint density at radius 2 is 1.81 bits per heavy atom. The first kappa shape index (κ1) is 11.0. The van der Waals surface area contributed by atoms with Crippen molar-refractivity contribution < 1.29 is 5.11 Å². The Kier molecular flexibility index (Phi) is 3.14. The molecule has 0 atom stereocenters. The van der Waals surface area contributed by atoms with E-state index in [0.717, 1.165) is 35.6 Å². The van der Waals surface area contributed by atoms with Gasteiger partial charge in [-0.15, -0.1) is 0 Å². The predicted molar refractivity (Wildman–Crippen MR) is 69.0 cm³/mol. The highest BCUT2D eigenvalue weighted by atomic mass is 16.3. The summed E-state index contributed by atoms with van der Waals surface area (Å²) in [4.78, 5) is 0. The van der Waals surface area contributed by atoms with Crippen molar-refractivity contribution >= 4 is 10.8 Å². The molecule has 0 spiro atoms. The number of rotatable bonds is 3. The van der Waals surface area contributed by atoms with Gasteiger partial charge in [-0.2, -0.15) is 0 Å². The van der Waals surface area contributed by atoms with E-state index in [0.29, 0.717) is 5.75 Å². The Hall–Kier alpha value is -1.50. The molecule has 1 nitrogen and oxygen atoms in total. The molecule has 0 saturated carbocycles. The monoisotopic (exact) mass is 214 g/mol. The number of hydrogen-bond donors (Lipinski definition) is 1. The SMILES string of the molecule is CCCCc1cc(C)c2ccccc2c1O. The van der Waals surface area contributed by atoms with Crippen LogP contribution in [0.2, 0.25) is 0 Å². The zero-order chi connectivity index (χ0) is 11.5. The van der Waals surface area contributed by atoms with Crippen LogP contribution in [-0.4, -0.2) is 5.11 Å². The molecular formula is C15H18O. The number of phenolic OH excluding ortho intramolecular Hbond substituents is 1. The minimum absolute atomic E-state index is 0.467. The third-order valence-corrected chi connectivity index (χ3v) is 3.10. The quantitative estimate of drug-likeness (QED) is 0.812. The Labute approximate surface area is 96.7 Å². The van der Waals surface area contributed by atoms with Gasteiger partial charge in [0, 0.05) is 5.39 Å². The van der Waals surface area contributed by atoms with Crippen LogP contribution >= 0.6 is 0 Å². The first-order valence-electron chi connectivity index (χ1n) is 5.94. The molecule has 0 aliphatic heterocycles. The van der Waals surface area contributed by atoms with Crippen LogP contribution < -0.4 is 0 Å².